The van der Waals surface area contributed by atoms with Crippen LogP contribution in [0.15, 0.2) is 24.3 Å². The standard InChI is InChI=1S/C20H26N6O2/c1-13-22-19(25-24-13)15-6-8-16(9-7-15)23-20(28)21-11-14-10-18(27)26(12-14)17-4-2-3-5-17/h6-9,14,17H,2-5,10-12H2,1H3,(H2,21,23,28)(H,22,24,25)/t14-/m0/s1. The van der Waals surface area contributed by atoms with Gasteiger partial charge in [-0.15, -0.1) is 0 Å². The molecular formula is C20H26N6O2. The zero-order valence-electron chi connectivity index (χ0n) is 16.1. The predicted molar refractivity (Wildman–Crippen MR) is 106 cm³/mol. The average Bonchev–Trinajstić information content (AvgIpc) is 3.42. The van der Waals surface area contributed by atoms with Gasteiger partial charge >= 0.3 is 6.03 Å². The summed E-state index contributed by atoms with van der Waals surface area (Å²) >= 11 is 0. The van der Waals surface area contributed by atoms with Crippen molar-refractivity contribution in [1.29, 1.82) is 0 Å². The van der Waals surface area contributed by atoms with E-state index >= 15 is 0 Å². The smallest absolute Gasteiger partial charge is 0.319 e. The molecule has 2 aromatic rings. The molecule has 0 radical (unpaired) electrons. The van der Waals surface area contributed by atoms with Crippen LogP contribution in [0.4, 0.5) is 10.5 Å². The number of nitrogens with one attached hydrogen (secondary N) is 3. The topological polar surface area (TPSA) is 103 Å². The Kier molecular flexibility index (Phi) is 5.27. The van der Waals surface area contributed by atoms with E-state index in [1.165, 1.54) is 12.8 Å². The van der Waals surface area contributed by atoms with Gasteiger partial charge in [0.05, 0.1) is 0 Å². The maximum absolute atomic E-state index is 12.2. The summed E-state index contributed by atoms with van der Waals surface area (Å²) in [6.45, 7) is 3.12. The summed E-state index contributed by atoms with van der Waals surface area (Å²) in [6.07, 6.45) is 5.20. The number of carbonyl (C=O) groups is 2. The molecule has 1 saturated heterocycles. The molecule has 1 aliphatic heterocycles. The largest absolute Gasteiger partial charge is 0.339 e. The Morgan fingerprint density at radius 2 is 2.00 bits per heavy atom. The second-order valence-corrected chi connectivity index (χ2v) is 7.71. The Bertz CT molecular complexity index is 841. The number of H-pyrrole nitrogens is 1. The van der Waals surface area contributed by atoms with E-state index in [1.807, 2.05) is 36.1 Å². The number of amides is 3. The minimum absolute atomic E-state index is 0.190. The Morgan fingerprint density at radius 1 is 1.25 bits per heavy atom. The van der Waals surface area contributed by atoms with Crippen molar-refractivity contribution in [1.82, 2.24) is 25.4 Å². The summed E-state index contributed by atoms with van der Waals surface area (Å²) in [5.41, 5.74) is 1.58. The third kappa shape index (κ3) is 4.16. The van der Waals surface area contributed by atoms with Crippen LogP contribution in [0, 0.1) is 12.8 Å². The van der Waals surface area contributed by atoms with Crippen LogP contribution in [0.1, 0.15) is 37.9 Å². The molecule has 8 heteroatoms. The van der Waals surface area contributed by atoms with Crippen LogP contribution in [0.25, 0.3) is 11.4 Å². The molecular weight excluding hydrogens is 356 g/mol. The van der Waals surface area contributed by atoms with Crippen molar-refractivity contribution < 1.29 is 9.59 Å². The first-order valence-electron chi connectivity index (χ1n) is 9.92. The van der Waals surface area contributed by atoms with Crippen LogP contribution in [0.2, 0.25) is 0 Å². The summed E-state index contributed by atoms with van der Waals surface area (Å²) in [7, 11) is 0. The van der Waals surface area contributed by atoms with Gasteiger partial charge in [0.15, 0.2) is 5.82 Å². The Hall–Kier alpha value is -2.90. The fourth-order valence-electron chi connectivity index (χ4n) is 4.10. The zero-order valence-corrected chi connectivity index (χ0v) is 16.1. The van der Waals surface area contributed by atoms with Gasteiger partial charge in [-0.05, 0) is 44.0 Å². The van der Waals surface area contributed by atoms with Gasteiger partial charge in [0.2, 0.25) is 5.91 Å². The summed E-state index contributed by atoms with van der Waals surface area (Å²) in [4.78, 5) is 30.8. The van der Waals surface area contributed by atoms with Gasteiger partial charge in [-0.2, -0.15) is 5.10 Å². The number of aromatic nitrogens is 3. The second-order valence-electron chi connectivity index (χ2n) is 7.71. The monoisotopic (exact) mass is 382 g/mol. The highest BCUT2D eigenvalue weighted by atomic mass is 16.2. The minimum atomic E-state index is -0.256. The first-order chi connectivity index (χ1) is 13.6. The van der Waals surface area contributed by atoms with Crippen molar-refractivity contribution in [3.63, 3.8) is 0 Å². The zero-order chi connectivity index (χ0) is 19.5. The third-order valence-corrected chi connectivity index (χ3v) is 5.55. The van der Waals surface area contributed by atoms with E-state index in [-0.39, 0.29) is 17.9 Å². The van der Waals surface area contributed by atoms with E-state index in [0.29, 0.717) is 30.5 Å². The van der Waals surface area contributed by atoms with Crippen molar-refractivity contribution in [2.45, 2.75) is 45.1 Å². The number of benzene rings is 1. The van der Waals surface area contributed by atoms with E-state index in [2.05, 4.69) is 25.8 Å². The molecule has 0 bridgehead atoms. The molecule has 2 heterocycles. The predicted octanol–water partition coefficient (Wildman–Crippen LogP) is 2.69. The fourth-order valence-corrected chi connectivity index (χ4v) is 4.10. The molecule has 2 fully saturated rings. The summed E-state index contributed by atoms with van der Waals surface area (Å²) in [5.74, 6) is 1.81. The Labute approximate surface area is 164 Å². The number of rotatable bonds is 5. The lowest BCUT2D eigenvalue weighted by atomic mass is 10.1. The van der Waals surface area contributed by atoms with Gasteiger partial charge < -0.3 is 15.5 Å². The molecule has 3 amide bonds. The number of aromatic amines is 1. The number of hydrogen-bond acceptors (Lipinski definition) is 4. The van der Waals surface area contributed by atoms with Crippen molar-refractivity contribution in [3.8, 4) is 11.4 Å². The van der Waals surface area contributed by atoms with Crippen LogP contribution in [0.5, 0.6) is 0 Å². The van der Waals surface area contributed by atoms with Gasteiger partial charge in [0.25, 0.3) is 0 Å². The molecule has 1 aromatic heterocycles. The van der Waals surface area contributed by atoms with Crippen molar-refractivity contribution >= 4 is 17.6 Å². The first-order valence-corrected chi connectivity index (χ1v) is 9.92. The lowest BCUT2D eigenvalue weighted by Crippen LogP contribution is -2.36. The number of carbonyl (C=O) groups excluding carboxylic acids is 2. The van der Waals surface area contributed by atoms with Gasteiger partial charge in [-0.3, -0.25) is 9.89 Å². The summed E-state index contributed by atoms with van der Waals surface area (Å²) in [6, 6.07) is 7.54. The van der Waals surface area contributed by atoms with Crippen LogP contribution in [0.3, 0.4) is 0 Å². The van der Waals surface area contributed by atoms with E-state index in [4.69, 9.17) is 0 Å². The number of aryl methyl sites for hydroxylation is 1. The van der Waals surface area contributed by atoms with Crippen LogP contribution >= 0.6 is 0 Å². The SMILES string of the molecule is Cc1nc(-c2ccc(NC(=O)NC[C@@H]3CC(=O)N(C4CCCC4)C3)cc2)n[nH]1. The van der Waals surface area contributed by atoms with Crippen molar-refractivity contribution in [2.24, 2.45) is 5.92 Å². The highest BCUT2D eigenvalue weighted by molar-refractivity contribution is 5.89. The van der Waals surface area contributed by atoms with Gasteiger partial charge in [0, 0.05) is 42.7 Å². The molecule has 4 rings (SSSR count). The maximum atomic E-state index is 12.2. The van der Waals surface area contributed by atoms with Crippen molar-refractivity contribution in [3.05, 3.63) is 30.1 Å². The van der Waals surface area contributed by atoms with E-state index in [1.54, 1.807) is 0 Å². The third-order valence-electron chi connectivity index (χ3n) is 5.55. The fraction of sp³-hybridized carbons (Fsp3) is 0.500. The summed E-state index contributed by atoms with van der Waals surface area (Å²) < 4.78 is 0. The molecule has 1 aromatic carbocycles. The molecule has 28 heavy (non-hydrogen) atoms. The second kappa shape index (κ2) is 8.00. The number of likely N-dealkylation sites (tertiary alicyclic amines) is 1. The number of nitrogens with zero attached hydrogens (tertiary/aromatic N) is 3. The van der Waals surface area contributed by atoms with E-state index in [9.17, 15) is 9.59 Å². The molecule has 1 aliphatic carbocycles. The van der Waals surface area contributed by atoms with Crippen LogP contribution in [-0.4, -0.2) is 51.2 Å². The maximum Gasteiger partial charge on any atom is 0.319 e. The highest BCUT2D eigenvalue weighted by Gasteiger charge is 2.35. The number of anilines is 1. The molecule has 3 N–H and O–H groups in total. The van der Waals surface area contributed by atoms with Crippen LogP contribution < -0.4 is 10.6 Å². The molecule has 148 valence electrons. The number of hydrogen-bond donors (Lipinski definition) is 3. The highest BCUT2D eigenvalue weighted by Crippen LogP contribution is 2.29. The van der Waals surface area contributed by atoms with Crippen molar-refractivity contribution in [2.75, 3.05) is 18.4 Å². The number of urea groups is 1. The molecule has 1 atom stereocenters. The molecule has 1 saturated carbocycles. The quantitative estimate of drug-likeness (QED) is 0.740. The van der Waals surface area contributed by atoms with E-state index in [0.717, 1.165) is 30.8 Å². The average molecular weight is 382 g/mol. The Morgan fingerprint density at radius 3 is 2.68 bits per heavy atom. The normalized spacial score (nSPS) is 20.0. The lowest BCUT2D eigenvalue weighted by Gasteiger charge is -2.24. The summed E-state index contributed by atoms with van der Waals surface area (Å²) in [5, 5.41) is 12.7. The lowest BCUT2D eigenvalue weighted by molar-refractivity contribution is -0.129. The van der Waals surface area contributed by atoms with E-state index < -0.39 is 0 Å². The van der Waals surface area contributed by atoms with Gasteiger partial charge in [-0.25, -0.2) is 9.78 Å². The molecule has 2 aliphatic rings. The Balaban J connectivity index is 1.25. The minimum Gasteiger partial charge on any atom is -0.339 e. The van der Waals surface area contributed by atoms with Crippen LogP contribution in [-0.2, 0) is 4.79 Å². The van der Waals surface area contributed by atoms with Gasteiger partial charge in [-0.1, -0.05) is 12.8 Å². The molecule has 0 spiro atoms. The van der Waals surface area contributed by atoms with Gasteiger partial charge in [0.1, 0.15) is 5.82 Å². The first kappa shape index (κ1) is 18.5. The molecule has 8 nitrogen and oxygen atoms in total. The molecule has 0 unspecified atom stereocenters.